The van der Waals surface area contributed by atoms with Gasteiger partial charge in [-0.05, 0) is 49.4 Å². The van der Waals surface area contributed by atoms with E-state index in [1.165, 1.54) is 29.8 Å². The highest BCUT2D eigenvalue weighted by molar-refractivity contribution is 7.92. The Labute approximate surface area is 160 Å². The fraction of sp³-hybridized carbons (Fsp3) is 0.400. The molecule has 0 saturated heterocycles. The van der Waals surface area contributed by atoms with Crippen LogP contribution in [0.5, 0.6) is 0 Å². The maximum atomic E-state index is 13.0. The Balaban J connectivity index is 2.13. The van der Waals surface area contributed by atoms with Crippen molar-refractivity contribution in [1.82, 2.24) is 5.32 Å². The number of nitrogens with zero attached hydrogens (tertiary/aromatic N) is 1. The second-order valence-corrected chi connectivity index (χ2v) is 9.10. The van der Waals surface area contributed by atoms with Gasteiger partial charge < -0.3 is 5.32 Å². The van der Waals surface area contributed by atoms with Crippen LogP contribution < -0.4 is 5.32 Å². The number of nitro benzene ring substituents is 1. The normalized spacial score (nSPS) is 12.9. The Morgan fingerprint density at radius 1 is 1.04 bits per heavy atom. The smallest absolute Gasteiger partial charge is 0.269 e. The molecule has 0 bridgehead atoms. The Bertz CT molecular complexity index is 834. The summed E-state index contributed by atoms with van der Waals surface area (Å²) in [6.45, 7) is 4.63. The second-order valence-electron chi connectivity index (χ2n) is 6.96. The molecule has 0 aromatic heterocycles. The molecule has 0 fully saturated rings. The van der Waals surface area contributed by atoms with Crippen molar-refractivity contribution in [3.63, 3.8) is 0 Å². The molecule has 146 valence electrons. The molecule has 0 spiro atoms. The van der Waals surface area contributed by atoms with Gasteiger partial charge >= 0.3 is 0 Å². The zero-order valence-corrected chi connectivity index (χ0v) is 16.5. The zero-order chi connectivity index (χ0) is 19.9. The van der Waals surface area contributed by atoms with Crippen molar-refractivity contribution in [2.45, 2.75) is 43.4 Å². The number of rotatable bonds is 10. The largest absolute Gasteiger partial charge is 0.301 e. The SMILES string of the molecule is CC(C)CNC(CCCc1ccccc1)S(=O)(=O)c1ccc([N+](=O)[O-])cc1. The van der Waals surface area contributed by atoms with Crippen LogP contribution in [-0.4, -0.2) is 25.3 Å². The molecule has 2 aromatic carbocycles. The number of nitro groups is 1. The van der Waals surface area contributed by atoms with Gasteiger partial charge in [-0.3, -0.25) is 10.1 Å². The Hall–Kier alpha value is -2.25. The molecular weight excluding hydrogens is 364 g/mol. The van der Waals surface area contributed by atoms with Gasteiger partial charge in [0.15, 0.2) is 9.84 Å². The molecule has 1 N–H and O–H groups in total. The summed E-state index contributed by atoms with van der Waals surface area (Å²) in [6, 6.07) is 15.0. The molecule has 2 aromatic rings. The maximum Gasteiger partial charge on any atom is 0.269 e. The standard InChI is InChI=1S/C20H26N2O4S/c1-16(2)15-21-20(10-6-9-17-7-4-3-5-8-17)27(25,26)19-13-11-18(12-14-19)22(23)24/h3-5,7-8,11-14,16,20-21H,6,9-10,15H2,1-2H3. The van der Waals surface area contributed by atoms with Crippen LogP contribution in [0.15, 0.2) is 59.5 Å². The average Bonchev–Trinajstić information content (AvgIpc) is 2.65. The van der Waals surface area contributed by atoms with E-state index in [-0.39, 0.29) is 10.6 Å². The van der Waals surface area contributed by atoms with E-state index in [1.807, 2.05) is 44.2 Å². The molecule has 0 amide bonds. The predicted octanol–water partition coefficient (Wildman–Crippen LogP) is 3.96. The predicted molar refractivity (Wildman–Crippen MR) is 106 cm³/mol. The van der Waals surface area contributed by atoms with Gasteiger partial charge in [-0.15, -0.1) is 0 Å². The summed E-state index contributed by atoms with van der Waals surface area (Å²) >= 11 is 0. The van der Waals surface area contributed by atoms with E-state index >= 15 is 0 Å². The van der Waals surface area contributed by atoms with Gasteiger partial charge in [0.2, 0.25) is 0 Å². The van der Waals surface area contributed by atoms with Crippen LogP contribution in [0, 0.1) is 16.0 Å². The first kappa shape index (κ1) is 21.1. The Morgan fingerprint density at radius 3 is 2.22 bits per heavy atom. The van der Waals surface area contributed by atoms with E-state index < -0.39 is 20.1 Å². The molecule has 1 unspecified atom stereocenters. The van der Waals surface area contributed by atoms with Crippen LogP contribution in [0.2, 0.25) is 0 Å². The first-order chi connectivity index (χ1) is 12.8. The Kier molecular flexibility index (Phi) is 7.50. The minimum Gasteiger partial charge on any atom is -0.301 e. The van der Waals surface area contributed by atoms with Gasteiger partial charge in [-0.25, -0.2) is 8.42 Å². The molecule has 0 radical (unpaired) electrons. The highest BCUT2D eigenvalue weighted by Gasteiger charge is 2.27. The van der Waals surface area contributed by atoms with Gasteiger partial charge in [-0.1, -0.05) is 44.2 Å². The van der Waals surface area contributed by atoms with E-state index in [9.17, 15) is 18.5 Å². The minimum atomic E-state index is -3.63. The van der Waals surface area contributed by atoms with Crippen LogP contribution in [0.4, 0.5) is 5.69 Å². The highest BCUT2D eigenvalue weighted by atomic mass is 32.2. The minimum absolute atomic E-state index is 0.106. The summed E-state index contributed by atoms with van der Waals surface area (Å²) in [5, 5.41) is 13.2. The molecule has 0 aliphatic rings. The van der Waals surface area contributed by atoms with Crippen molar-refractivity contribution in [3.8, 4) is 0 Å². The monoisotopic (exact) mass is 390 g/mol. The second kappa shape index (κ2) is 9.62. The van der Waals surface area contributed by atoms with Crippen molar-refractivity contribution in [2.24, 2.45) is 5.92 Å². The average molecular weight is 391 g/mol. The summed E-state index contributed by atoms with van der Waals surface area (Å²) in [5.74, 6) is 0.314. The van der Waals surface area contributed by atoms with Crippen LogP contribution in [0.3, 0.4) is 0 Å². The molecule has 0 saturated carbocycles. The lowest BCUT2D eigenvalue weighted by atomic mass is 10.1. The maximum absolute atomic E-state index is 13.0. The number of benzene rings is 2. The molecule has 0 aliphatic carbocycles. The van der Waals surface area contributed by atoms with Crippen LogP contribution in [-0.2, 0) is 16.3 Å². The number of non-ortho nitro benzene ring substituents is 1. The molecule has 6 nitrogen and oxygen atoms in total. The van der Waals surface area contributed by atoms with E-state index in [0.29, 0.717) is 18.9 Å². The zero-order valence-electron chi connectivity index (χ0n) is 15.7. The fourth-order valence-corrected chi connectivity index (χ4v) is 4.43. The van der Waals surface area contributed by atoms with E-state index in [4.69, 9.17) is 0 Å². The van der Waals surface area contributed by atoms with E-state index in [2.05, 4.69) is 5.32 Å². The topological polar surface area (TPSA) is 89.3 Å². The molecule has 0 aliphatic heterocycles. The number of hydrogen-bond acceptors (Lipinski definition) is 5. The summed E-state index contributed by atoms with van der Waals surface area (Å²) < 4.78 is 26.1. The first-order valence-electron chi connectivity index (χ1n) is 9.06. The number of sulfone groups is 1. The molecule has 7 heteroatoms. The summed E-state index contributed by atoms with van der Waals surface area (Å²) in [4.78, 5) is 10.4. The lowest BCUT2D eigenvalue weighted by molar-refractivity contribution is -0.384. The third-order valence-corrected chi connectivity index (χ3v) is 6.36. The third kappa shape index (κ3) is 6.15. The van der Waals surface area contributed by atoms with Crippen molar-refractivity contribution >= 4 is 15.5 Å². The van der Waals surface area contributed by atoms with Crippen molar-refractivity contribution in [2.75, 3.05) is 6.54 Å². The van der Waals surface area contributed by atoms with Crippen LogP contribution in [0.1, 0.15) is 32.3 Å². The van der Waals surface area contributed by atoms with Gasteiger partial charge in [0.05, 0.1) is 9.82 Å². The number of nitrogens with one attached hydrogen (secondary N) is 1. The van der Waals surface area contributed by atoms with Crippen molar-refractivity contribution in [3.05, 3.63) is 70.3 Å². The summed E-state index contributed by atoms with van der Waals surface area (Å²) in [6.07, 6.45) is 2.00. The van der Waals surface area contributed by atoms with Crippen LogP contribution in [0.25, 0.3) is 0 Å². The molecule has 2 rings (SSSR count). The lowest BCUT2D eigenvalue weighted by Crippen LogP contribution is -2.38. The van der Waals surface area contributed by atoms with Gasteiger partial charge in [0.25, 0.3) is 5.69 Å². The van der Waals surface area contributed by atoms with E-state index in [0.717, 1.165) is 12.8 Å². The van der Waals surface area contributed by atoms with Gasteiger partial charge in [0.1, 0.15) is 5.37 Å². The fourth-order valence-electron chi connectivity index (χ4n) is 2.79. The summed E-state index contributed by atoms with van der Waals surface area (Å²) in [7, 11) is -3.63. The van der Waals surface area contributed by atoms with Crippen molar-refractivity contribution in [1.29, 1.82) is 0 Å². The molecule has 1 atom stereocenters. The number of aryl methyl sites for hydroxylation is 1. The Morgan fingerprint density at radius 2 is 1.67 bits per heavy atom. The van der Waals surface area contributed by atoms with Crippen LogP contribution >= 0.6 is 0 Å². The van der Waals surface area contributed by atoms with Gasteiger partial charge in [0, 0.05) is 12.1 Å². The summed E-state index contributed by atoms with van der Waals surface area (Å²) in [5.41, 5.74) is 1.05. The molecular formula is C20H26N2O4S. The van der Waals surface area contributed by atoms with Gasteiger partial charge in [-0.2, -0.15) is 0 Å². The first-order valence-corrected chi connectivity index (χ1v) is 10.6. The van der Waals surface area contributed by atoms with E-state index in [1.54, 1.807) is 0 Å². The lowest BCUT2D eigenvalue weighted by Gasteiger charge is -2.20. The molecule has 27 heavy (non-hydrogen) atoms. The molecule has 0 heterocycles. The third-order valence-electron chi connectivity index (χ3n) is 4.28. The number of hydrogen-bond donors (Lipinski definition) is 1. The van der Waals surface area contributed by atoms with Crippen molar-refractivity contribution < 1.29 is 13.3 Å². The highest BCUT2D eigenvalue weighted by Crippen LogP contribution is 2.22. The quantitative estimate of drug-likeness (QED) is 0.490.